The van der Waals surface area contributed by atoms with E-state index < -0.39 is 0 Å². The standard InChI is InChI=1S/C21H24N6O2/c1-3-27-13-8-17(25-27)21(28)26-12-5-6-16(14-26)19-20(24-11-10-23-19)29-18-7-4-9-22-15(18)2/h4,7-11,13,16H,3,5-6,12,14H2,1-2H3/t16-/m1/s1. The lowest BCUT2D eigenvalue weighted by molar-refractivity contribution is 0.0698. The van der Waals surface area contributed by atoms with Crippen LogP contribution < -0.4 is 4.74 Å². The Morgan fingerprint density at radius 2 is 2.07 bits per heavy atom. The lowest BCUT2D eigenvalue weighted by Gasteiger charge is -2.32. The quantitative estimate of drug-likeness (QED) is 0.663. The molecule has 8 nitrogen and oxygen atoms in total. The lowest BCUT2D eigenvalue weighted by Crippen LogP contribution is -2.39. The SMILES string of the molecule is CCn1ccc(C(=O)N2CCC[C@@H](c3nccnc3Oc3cccnc3C)C2)n1. The third-order valence-electron chi connectivity index (χ3n) is 5.14. The molecule has 8 heteroatoms. The Morgan fingerprint density at radius 3 is 2.86 bits per heavy atom. The number of ether oxygens (including phenoxy) is 1. The Hall–Kier alpha value is -3.29. The van der Waals surface area contributed by atoms with E-state index in [1.165, 1.54) is 0 Å². The van der Waals surface area contributed by atoms with E-state index in [2.05, 4.69) is 20.1 Å². The summed E-state index contributed by atoms with van der Waals surface area (Å²) in [6.07, 6.45) is 8.67. The number of carbonyl (C=O) groups excluding carboxylic acids is 1. The third-order valence-corrected chi connectivity index (χ3v) is 5.14. The monoisotopic (exact) mass is 392 g/mol. The van der Waals surface area contributed by atoms with Crippen LogP contribution in [0.1, 0.15) is 47.6 Å². The van der Waals surface area contributed by atoms with Gasteiger partial charge in [0.25, 0.3) is 5.91 Å². The van der Waals surface area contributed by atoms with Crippen LogP contribution in [0.15, 0.2) is 43.0 Å². The molecule has 1 saturated heterocycles. The van der Waals surface area contributed by atoms with E-state index in [0.29, 0.717) is 30.4 Å². The number of hydrogen-bond donors (Lipinski definition) is 0. The van der Waals surface area contributed by atoms with Gasteiger partial charge in [-0.05, 0) is 44.9 Å². The number of hydrogen-bond acceptors (Lipinski definition) is 6. The summed E-state index contributed by atoms with van der Waals surface area (Å²) in [7, 11) is 0. The van der Waals surface area contributed by atoms with Crippen molar-refractivity contribution in [2.45, 2.75) is 39.2 Å². The fourth-order valence-electron chi connectivity index (χ4n) is 3.57. The molecule has 0 aromatic carbocycles. The zero-order chi connectivity index (χ0) is 20.2. The van der Waals surface area contributed by atoms with Crippen molar-refractivity contribution in [3.8, 4) is 11.6 Å². The molecule has 0 radical (unpaired) electrons. The molecule has 1 atom stereocenters. The van der Waals surface area contributed by atoms with Gasteiger partial charge in [-0.25, -0.2) is 4.98 Å². The molecule has 0 unspecified atom stereocenters. The maximum atomic E-state index is 12.9. The molecule has 0 saturated carbocycles. The van der Waals surface area contributed by atoms with Crippen LogP contribution in [-0.4, -0.2) is 48.6 Å². The molecule has 0 bridgehead atoms. The third kappa shape index (κ3) is 4.11. The van der Waals surface area contributed by atoms with Crippen LogP contribution in [-0.2, 0) is 6.54 Å². The summed E-state index contributed by atoms with van der Waals surface area (Å²) in [5, 5.41) is 4.35. The summed E-state index contributed by atoms with van der Waals surface area (Å²) in [6.45, 7) is 5.91. The van der Waals surface area contributed by atoms with Crippen molar-refractivity contribution in [2.24, 2.45) is 0 Å². The van der Waals surface area contributed by atoms with Crippen molar-refractivity contribution in [1.82, 2.24) is 29.6 Å². The number of carbonyl (C=O) groups is 1. The lowest BCUT2D eigenvalue weighted by atomic mass is 9.94. The summed E-state index contributed by atoms with van der Waals surface area (Å²) >= 11 is 0. The summed E-state index contributed by atoms with van der Waals surface area (Å²) in [6, 6.07) is 5.47. The molecular weight excluding hydrogens is 368 g/mol. The van der Waals surface area contributed by atoms with Crippen molar-refractivity contribution in [3.63, 3.8) is 0 Å². The van der Waals surface area contributed by atoms with E-state index in [4.69, 9.17) is 4.74 Å². The van der Waals surface area contributed by atoms with Gasteiger partial charge < -0.3 is 9.64 Å². The number of aromatic nitrogens is 5. The van der Waals surface area contributed by atoms with Crippen LogP contribution in [0.3, 0.4) is 0 Å². The number of aryl methyl sites for hydroxylation is 2. The van der Waals surface area contributed by atoms with Crippen molar-refractivity contribution in [1.29, 1.82) is 0 Å². The fourth-order valence-corrected chi connectivity index (χ4v) is 3.57. The summed E-state index contributed by atoms with van der Waals surface area (Å²) in [5.74, 6) is 1.14. The second-order valence-electron chi connectivity index (χ2n) is 7.08. The van der Waals surface area contributed by atoms with Gasteiger partial charge in [-0.1, -0.05) is 0 Å². The Morgan fingerprint density at radius 1 is 1.21 bits per heavy atom. The van der Waals surface area contributed by atoms with E-state index in [1.54, 1.807) is 29.3 Å². The van der Waals surface area contributed by atoms with Crippen LogP contribution >= 0.6 is 0 Å². The molecule has 0 spiro atoms. The topological polar surface area (TPSA) is 86.0 Å². The second-order valence-corrected chi connectivity index (χ2v) is 7.08. The molecule has 0 N–H and O–H groups in total. The predicted octanol–water partition coefficient (Wildman–Crippen LogP) is 3.21. The van der Waals surface area contributed by atoms with Crippen molar-refractivity contribution in [3.05, 3.63) is 60.1 Å². The number of piperidine rings is 1. The number of amides is 1. The molecule has 150 valence electrons. The number of rotatable bonds is 5. The Bertz CT molecular complexity index is 1000. The van der Waals surface area contributed by atoms with Crippen LogP contribution in [0.5, 0.6) is 11.6 Å². The zero-order valence-corrected chi connectivity index (χ0v) is 16.7. The first-order valence-corrected chi connectivity index (χ1v) is 9.88. The van der Waals surface area contributed by atoms with Crippen LogP contribution in [0.25, 0.3) is 0 Å². The highest BCUT2D eigenvalue weighted by molar-refractivity contribution is 5.92. The van der Waals surface area contributed by atoms with E-state index in [9.17, 15) is 4.79 Å². The molecular formula is C21H24N6O2. The minimum absolute atomic E-state index is 0.0450. The van der Waals surface area contributed by atoms with Gasteiger partial charge in [0.05, 0.1) is 5.69 Å². The van der Waals surface area contributed by atoms with Gasteiger partial charge in [0, 0.05) is 50.3 Å². The van der Waals surface area contributed by atoms with Gasteiger partial charge in [0.15, 0.2) is 5.75 Å². The first-order valence-electron chi connectivity index (χ1n) is 9.88. The Kier molecular flexibility index (Phi) is 5.50. The molecule has 4 rings (SSSR count). The highest BCUT2D eigenvalue weighted by Crippen LogP contribution is 2.33. The molecule has 1 fully saturated rings. The smallest absolute Gasteiger partial charge is 0.274 e. The maximum Gasteiger partial charge on any atom is 0.274 e. The maximum absolute atomic E-state index is 12.9. The van der Waals surface area contributed by atoms with Gasteiger partial charge >= 0.3 is 0 Å². The summed E-state index contributed by atoms with van der Waals surface area (Å²) < 4.78 is 7.80. The molecule has 1 aliphatic heterocycles. The molecule has 3 aromatic rings. The van der Waals surface area contributed by atoms with Crippen LogP contribution in [0, 0.1) is 6.92 Å². The van der Waals surface area contributed by atoms with E-state index in [-0.39, 0.29) is 11.8 Å². The van der Waals surface area contributed by atoms with Crippen LogP contribution in [0.2, 0.25) is 0 Å². The van der Waals surface area contributed by atoms with Crippen molar-refractivity contribution in [2.75, 3.05) is 13.1 Å². The first kappa shape index (κ1) is 19.0. The fraction of sp³-hybridized carbons (Fsp3) is 0.381. The first-order chi connectivity index (χ1) is 14.2. The zero-order valence-electron chi connectivity index (χ0n) is 16.7. The number of pyridine rings is 1. The average molecular weight is 392 g/mol. The van der Waals surface area contributed by atoms with Gasteiger partial charge in [0.1, 0.15) is 11.4 Å². The largest absolute Gasteiger partial charge is 0.435 e. The molecule has 1 aliphatic rings. The number of likely N-dealkylation sites (tertiary alicyclic amines) is 1. The second kappa shape index (κ2) is 8.38. The Labute approximate surface area is 169 Å². The Balaban J connectivity index is 1.54. The van der Waals surface area contributed by atoms with E-state index in [1.807, 2.05) is 37.1 Å². The molecule has 0 aliphatic carbocycles. The normalized spacial score (nSPS) is 16.6. The highest BCUT2D eigenvalue weighted by Gasteiger charge is 2.29. The average Bonchev–Trinajstić information content (AvgIpc) is 3.25. The highest BCUT2D eigenvalue weighted by atomic mass is 16.5. The van der Waals surface area contributed by atoms with Gasteiger partial charge in [-0.3, -0.25) is 19.4 Å². The van der Waals surface area contributed by atoms with Gasteiger partial charge in [-0.2, -0.15) is 5.10 Å². The van der Waals surface area contributed by atoms with Crippen LogP contribution in [0.4, 0.5) is 0 Å². The van der Waals surface area contributed by atoms with Gasteiger partial charge in [0.2, 0.25) is 5.88 Å². The molecule has 1 amide bonds. The minimum atomic E-state index is -0.0450. The number of nitrogens with zero attached hydrogens (tertiary/aromatic N) is 6. The van der Waals surface area contributed by atoms with Crippen molar-refractivity contribution >= 4 is 5.91 Å². The predicted molar refractivity (Wildman–Crippen MR) is 107 cm³/mol. The molecule has 3 aromatic heterocycles. The van der Waals surface area contributed by atoms with E-state index >= 15 is 0 Å². The summed E-state index contributed by atoms with van der Waals surface area (Å²) in [4.78, 5) is 28.0. The molecule has 4 heterocycles. The summed E-state index contributed by atoms with van der Waals surface area (Å²) in [5.41, 5.74) is 2.04. The minimum Gasteiger partial charge on any atom is -0.435 e. The van der Waals surface area contributed by atoms with Gasteiger partial charge in [-0.15, -0.1) is 0 Å². The van der Waals surface area contributed by atoms with E-state index in [0.717, 1.165) is 30.8 Å². The molecule has 29 heavy (non-hydrogen) atoms. The van der Waals surface area contributed by atoms with Crippen molar-refractivity contribution < 1.29 is 9.53 Å².